The van der Waals surface area contributed by atoms with Gasteiger partial charge in [-0.2, -0.15) is 0 Å². The van der Waals surface area contributed by atoms with Crippen LogP contribution in [0.25, 0.3) is 11.1 Å². The fraction of sp³-hybridized carbons (Fsp3) is 0.429. The Bertz CT molecular complexity index is 918. The molecule has 0 aliphatic carbocycles. The molecule has 30 heavy (non-hydrogen) atoms. The molecule has 0 bridgehead atoms. The third-order valence-corrected chi connectivity index (χ3v) is 4.90. The van der Waals surface area contributed by atoms with Crippen LogP contribution in [0, 0.1) is 0 Å². The van der Waals surface area contributed by atoms with Gasteiger partial charge >= 0.3 is 0 Å². The molecule has 1 aliphatic rings. The Morgan fingerprint density at radius 1 is 1.33 bits per heavy atom. The molecule has 2 aromatic rings. The lowest BCUT2D eigenvalue weighted by atomic mass is 10.0. The summed E-state index contributed by atoms with van der Waals surface area (Å²) in [5.74, 6) is 0.673. The molecule has 0 radical (unpaired) electrons. The van der Waals surface area contributed by atoms with Crippen molar-refractivity contribution in [3.05, 3.63) is 36.2 Å². The number of anilines is 1. The number of ether oxygens (including phenoxy) is 2. The topological polar surface area (TPSA) is 111 Å². The number of nitrogens with two attached hydrogens (primary N) is 1. The molecule has 2 amide bonds. The van der Waals surface area contributed by atoms with Crippen LogP contribution >= 0.6 is 0 Å². The number of rotatable bonds is 7. The largest absolute Gasteiger partial charge is 0.497 e. The van der Waals surface area contributed by atoms with Crippen molar-refractivity contribution in [2.45, 2.75) is 18.9 Å². The van der Waals surface area contributed by atoms with Gasteiger partial charge in [0.25, 0.3) is 0 Å². The second kappa shape index (κ2) is 9.53. The Labute approximate surface area is 175 Å². The number of methoxy groups -OCH3 is 1. The maximum absolute atomic E-state index is 12.5. The molecule has 160 valence electrons. The van der Waals surface area contributed by atoms with E-state index in [9.17, 15) is 9.59 Å². The summed E-state index contributed by atoms with van der Waals surface area (Å²) in [6, 6.07) is 7.64. The van der Waals surface area contributed by atoms with E-state index in [0.717, 1.165) is 16.9 Å². The van der Waals surface area contributed by atoms with E-state index in [-0.39, 0.29) is 18.7 Å². The molecular formula is C21H27N5O4. The summed E-state index contributed by atoms with van der Waals surface area (Å²) in [7, 11) is 5.35. The van der Waals surface area contributed by atoms with Gasteiger partial charge in [0, 0.05) is 45.2 Å². The number of hydrogen-bond acceptors (Lipinski definition) is 7. The smallest absolute Gasteiger partial charge is 0.225 e. The minimum Gasteiger partial charge on any atom is -0.497 e. The van der Waals surface area contributed by atoms with Crippen molar-refractivity contribution >= 4 is 17.8 Å². The van der Waals surface area contributed by atoms with Crippen LogP contribution in [0.3, 0.4) is 0 Å². The normalized spacial score (nSPS) is 16.2. The zero-order valence-corrected chi connectivity index (χ0v) is 17.5. The molecule has 2 N–H and O–H groups in total. The number of amides is 2. The lowest BCUT2D eigenvalue weighted by Gasteiger charge is -2.33. The van der Waals surface area contributed by atoms with Crippen molar-refractivity contribution in [2.75, 3.05) is 45.8 Å². The standard InChI is InChI=1S/C21H27N5O4/c1-25(2)21-23-12-16(14-5-4-6-15(11-14)29-3)20(24-21)17-13-26(9-10-30-17)19(28)8-7-18(22)27/h4-6,11-12,17H,7-10,13H2,1-3H3,(H2,22,27). The van der Waals surface area contributed by atoms with E-state index >= 15 is 0 Å². The number of hydrogen-bond donors (Lipinski definition) is 1. The van der Waals surface area contributed by atoms with Gasteiger partial charge in [-0.25, -0.2) is 9.97 Å². The summed E-state index contributed by atoms with van der Waals surface area (Å²) in [6.45, 7) is 1.19. The Hall–Kier alpha value is -3.20. The molecule has 0 spiro atoms. The molecule has 0 saturated carbocycles. The lowest BCUT2D eigenvalue weighted by Crippen LogP contribution is -2.42. The second-order valence-corrected chi connectivity index (χ2v) is 7.26. The van der Waals surface area contributed by atoms with Crippen LogP contribution in [0.2, 0.25) is 0 Å². The van der Waals surface area contributed by atoms with E-state index in [0.29, 0.717) is 31.3 Å². The Morgan fingerprint density at radius 2 is 2.13 bits per heavy atom. The van der Waals surface area contributed by atoms with Crippen LogP contribution in [0.4, 0.5) is 5.95 Å². The van der Waals surface area contributed by atoms with E-state index < -0.39 is 12.0 Å². The SMILES string of the molecule is COc1cccc(-c2cnc(N(C)C)nc2C2CN(C(=O)CCC(N)=O)CCO2)c1. The Balaban J connectivity index is 1.93. The first-order valence-electron chi connectivity index (χ1n) is 9.75. The average molecular weight is 413 g/mol. The van der Waals surface area contributed by atoms with Crippen LogP contribution in [0.5, 0.6) is 5.75 Å². The van der Waals surface area contributed by atoms with Gasteiger partial charge < -0.3 is 25.0 Å². The van der Waals surface area contributed by atoms with Crippen LogP contribution in [0.1, 0.15) is 24.6 Å². The molecular weight excluding hydrogens is 386 g/mol. The van der Waals surface area contributed by atoms with Crippen LogP contribution in [-0.2, 0) is 14.3 Å². The van der Waals surface area contributed by atoms with Gasteiger partial charge in [0.05, 0.1) is 26.0 Å². The lowest BCUT2D eigenvalue weighted by molar-refractivity contribution is -0.140. The maximum atomic E-state index is 12.5. The van der Waals surface area contributed by atoms with Gasteiger partial charge in [-0.15, -0.1) is 0 Å². The monoisotopic (exact) mass is 413 g/mol. The molecule has 1 fully saturated rings. The number of morpholine rings is 1. The zero-order valence-electron chi connectivity index (χ0n) is 17.5. The predicted molar refractivity (Wildman–Crippen MR) is 112 cm³/mol. The minimum absolute atomic E-state index is 0.0359. The predicted octanol–water partition coefficient (Wildman–Crippen LogP) is 1.38. The number of nitrogens with zero attached hydrogens (tertiary/aromatic N) is 4. The molecule has 1 aliphatic heterocycles. The van der Waals surface area contributed by atoms with Gasteiger partial charge in [-0.3, -0.25) is 9.59 Å². The molecule has 1 saturated heterocycles. The van der Waals surface area contributed by atoms with Crippen molar-refractivity contribution in [3.8, 4) is 16.9 Å². The number of aromatic nitrogens is 2. The zero-order chi connectivity index (χ0) is 21.7. The number of primary amides is 1. The summed E-state index contributed by atoms with van der Waals surface area (Å²) in [5.41, 5.74) is 7.59. The Morgan fingerprint density at radius 3 is 2.83 bits per heavy atom. The summed E-state index contributed by atoms with van der Waals surface area (Å²) in [5, 5.41) is 0. The van der Waals surface area contributed by atoms with Crippen molar-refractivity contribution in [1.29, 1.82) is 0 Å². The van der Waals surface area contributed by atoms with Crippen LogP contribution in [-0.4, -0.2) is 67.6 Å². The first-order chi connectivity index (χ1) is 14.4. The molecule has 1 atom stereocenters. The van der Waals surface area contributed by atoms with Gasteiger partial charge in [0.2, 0.25) is 17.8 Å². The third kappa shape index (κ3) is 5.04. The molecule has 1 aromatic heterocycles. The molecule has 3 rings (SSSR count). The highest BCUT2D eigenvalue weighted by Crippen LogP contribution is 2.33. The van der Waals surface area contributed by atoms with Crippen LogP contribution < -0.4 is 15.4 Å². The number of carbonyl (C=O) groups excluding carboxylic acids is 2. The van der Waals surface area contributed by atoms with E-state index in [4.69, 9.17) is 20.2 Å². The molecule has 2 heterocycles. The molecule has 1 unspecified atom stereocenters. The first kappa shape index (κ1) is 21.5. The third-order valence-electron chi connectivity index (χ3n) is 4.90. The summed E-state index contributed by atoms with van der Waals surface area (Å²) >= 11 is 0. The summed E-state index contributed by atoms with van der Waals surface area (Å²) in [6.07, 6.45) is 1.48. The van der Waals surface area contributed by atoms with Crippen molar-refractivity contribution in [2.24, 2.45) is 5.73 Å². The van der Waals surface area contributed by atoms with Gasteiger partial charge in [0.1, 0.15) is 11.9 Å². The molecule has 1 aromatic carbocycles. The Kier molecular flexibility index (Phi) is 6.83. The van der Waals surface area contributed by atoms with E-state index in [2.05, 4.69) is 4.98 Å². The quantitative estimate of drug-likeness (QED) is 0.730. The minimum atomic E-state index is -0.486. The molecule has 9 heteroatoms. The summed E-state index contributed by atoms with van der Waals surface area (Å²) < 4.78 is 11.3. The van der Waals surface area contributed by atoms with Crippen LogP contribution in [0.15, 0.2) is 30.5 Å². The van der Waals surface area contributed by atoms with Gasteiger partial charge in [-0.05, 0) is 17.7 Å². The second-order valence-electron chi connectivity index (χ2n) is 7.26. The maximum Gasteiger partial charge on any atom is 0.225 e. The van der Waals surface area contributed by atoms with Gasteiger partial charge in [0.15, 0.2) is 0 Å². The highest BCUT2D eigenvalue weighted by Gasteiger charge is 2.29. The van der Waals surface area contributed by atoms with Gasteiger partial charge in [-0.1, -0.05) is 12.1 Å². The van der Waals surface area contributed by atoms with Crippen molar-refractivity contribution in [3.63, 3.8) is 0 Å². The first-order valence-corrected chi connectivity index (χ1v) is 9.75. The number of benzene rings is 1. The fourth-order valence-electron chi connectivity index (χ4n) is 3.29. The average Bonchev–Trinajstić information content (AvgIpc) is 2.77. The van der Waals surface area contributed by atoms with E-state index in [1.165, 1.54) is 0 Å². The van der Waals surface area contributed by atoms with Crippen molar-refractivity contribution in [1.82, 2.24) is 14.9 Å². The van der Waals surface area contributed by atoms with E-state index in [1.807, 2.05) is 43.3 Å². The highest BCUT2D eigenvalue weighted by atomic mass is 16.5. The van der Waals surface area contributed by atoms with E-state index in [1.54, 1.807) is 18.2 Å². The fourth-order valence-corrected chi connectivity index (χ4v) is 3.29. The highest BCUT2D eigenvalue weighted by molar-refractivity contribution is 5.83. The summed E-state index contributed by atoms with van der Waals surface area (Å²) in [4.78, 5) is 36.2. The number of carbonyl (C=O) groups is 2. The van der Waals surface area contributed by atoms with Crippen molar-refractivity contribution < 1.29 is 19.1 Å². The molecule has 9 nitrogen and oxygen atoms in total.